The van der Waals surface area contributed by atoms with Crippen LogP contribution in [0.25, 0.3) is 0 Å². The average molecular weight is 261 g/mol. The van der Waals surface area contributed by atoms with E-state index in [2.05, 4.69) is 30.4 Å². The molecule has 2 rings (SSSR count). The van der Waals surface area contributed by atoms with E-state index in [4.69, 9.17) is 0 Å². The molecule has 0 aliphatic heterocycles. The molecular formula is C15H23N3O. The van der Waals surface area contributed by atoms with Crippen molar-refractivity contribution in [2.24, 2.45) is 0 Å². The Labute approximate surface area is 114 Å². The Hall–Kier alpha value is -1.55. The van der Waals surface area contributed by atoms with Crippen molar-refractivity contribution >= 4 is 0 Å². The van der Waals surface area contributed by atoms with Gasteiger partial charge in [-0.2, -0.15) is 5.10 Å². The van der Waals surface area contributed by atoms with Crippen molar-refractivity contribution in [2.45, 2.75) is 52.3 Å². The Bertz CT molecular complexity index is 513. The molecule has 4 nitrogen and oxygen atoms in total. The minimum absolute atomic E-state index is 0.348. The lowest BCUT2D eigenvalue weighted by atomic mass is 10.1. The lowest BCUT2D eigenvalue weighted by Gasteiger charge is -2.06. The predicted molar refractivity (Wildman–Crippen MR) is 76.0 cm³/mol. The maximum atomic E-state index is 9.94. The number of aromatic nitrogens is 3. The Balaban J connectivity index is 2.02. The molecule has 0 fully saturated rings. The normalized spacial score (nSPS) is 13.1. The highest BCUT2D eigenvalue weighted by Gasteiger charge is 2.09. The quantitative estimate of drug-likeness (QED) is 0.868. The van der Waals surface area contributed by atoms with Gasteiger partial charge in [0.25, 0.3) is 0 Å². The third-order valence-corrected chi connectivity index (χ3v) is 3.26. The summed E-state index contributed by atoms with van der Waals surface area (Å²) in [5.74, 6) is 0. The highest BCUT2D eigenvalue weighted by Crippen LogP contribution is 2.18. The van der Waals surface area contributed by atoms with Gasteiger partial charge in [0.05, 0.1) is 18.3 Å². The zero-order valence-corrected chi connectivity index (χ0v) is 12.0. The number of aliphatic hydroxyl groups excluding tert-OH is 1. The average Bonchev–Trinajstić information content (AvgIpc) is 2.99. The predicted octanol–water partition coefficient (Wildman–Crippen LogP) is 3.15. The molecule has 0 saturated carbocycles. The number of rotatable bonds is 6. The van der Waals surface area contributed by atoms with E-state index in [1.54, 1.807) is 0 Å². The molecule has 2 aromatic heterocycles. The molecule has 4 heteroatoms. The topological polar surface area (TPSA) is 43.0 Å². The molecule has 0 aliphatic carbocycles. The zero-order valence-electron chi connectivity index (χ0n) is 12.0. The summed E-state index contributed by atoms with van der Waals surface area (Å²) in [5.41, 5.74) is 2.03. The minimum atomic E-state index is -0.348. The van der Waals surface area contributed by atoms with Gasteiger partial charge >= 0.3 is 0 Å². The van der Waals surface area contributed by atoms with Crippen LogP contribution in [0.2, 0.25) is 0 Å². The molecule has 19 heavy (non-hydrogen) atoms. The van der Waals surface area contributed by atoms with Gasteiger partial charge in [0.1, 0.15) is 0 Å². The van der Waals surface area contributed by atoms with E-state index in [9.17, 15) is 5.11 Å². The van der Waals surface area contributed by atoms with E-state index in [0.717, 1.165) is 30.6 Å². The van der Waals surface area contributed by atoms with Gasteiger partial charge in [0, 0.05) is 24.6 Å². The summed E-state index contributed by atoms with van der Waals surface area (Å²) in [7, 11) is 0. The number of aliphatic hydroxyl groups is 1. The molecule has 1 unspecified atom stereocenters. The first-order valence-corrected chi connectivity index (χ1v) is 6.98. The maximum Gasteiger partial charge on any atom is 0.0821 e. The highest BCUT2D eigenvalue weighted by molar-refractivity contribution is 5.15. The van der Waals surface area contributed by atoms with Crippen molar-refractivity contribution in [3.63, 3.8) is 0 Å². The Morgan fingerprint density at radius 3 is 2.68 bits per heavy atom. The van der Waals surface area contributed by atoms with Gasteiger partial charge in [-0.15, -0.1) is 0 Å². The fourth-order valence-electron chi connectivity index (χ4n) is 2.13. The van der Waals surface area contributed by atoms with Gasteiger partial charge in [-0.3, -0.25) is 4.68 Å². The highest BCUT2D eigenvalue weighted by atomic mass is 16.3. The molecule has 0 aromatic carbocycles. The first-order chi connectivity index (χ1) is 9.10. The van der Waals surface area contributed by atoms with E-state index in [1.807, 2.05) is 35.4 Å². The molecule has 2 aromatic rings. The summed E-state index contributed by atoms with van der Waals surface area (Å²) >= 11 is 0. The Morgan fingerprint density at radius 1 is 1.26 bits per heavy atom. The van der Waals surface area contributed by atoms with Gasteiger partial charge in [0.15, 0.2) is 0 Å². The fourth-order valence-corrected chi connectivity index (χ4v) is 2.13. The second-order valence-electron chi connectivity index (χ2n) is 5.30. The molecule has 104 valence electrons. The van der Waals surface area contributed by atoms with Crippen molar-refractivity contribution < 1.29 is 5.11 Å². The zero-order chi connectivity index (χ0) is 13.8. The Morgan fingerprint density at radius 2 is 2.05 bits per heavy atom. The van der Waals surface area contributed by atoms with Crippen LogP contribution in [-0.4, -0.2) is 19.5 Å². The molecule has 1 N–H and O–H groups in total. The van der Waals surface area contributed by atoms with Crippen LogP contribution in [-0.2, 0) is 6.54 Å². The lowest BCUT2D eigenvalue weighted by Crippen LogP contribution is -2.04. The largest absolute Gasteiger partial charge is 0.388 e. The maximum absolute atomic E-state index is 9.94. The first kappa shape index (κ1) is 13.9. The van der Waals surface area contributed by atoms with E-state index >= 15 is 0 Å². The van der Waals surface area contributed by atoms with Crippen LogP contribution >= 0.6 is 0 Å². The fraction of sp³-hybridized carbons (Fsp3) is 0.533. The van der Waals surface area contributed by atoms with Crippen molar-refractivity contribution in [3.05, 3.63) is 42.0 Å². The molecule has 0 radical (unpaired) electrons. The molecular weight excluding hydrogens is 238 g/mol. The molecule has 0 amide bonds. The summed E-state index contributed by atoms with van der Waals surface area (Å²) in [6, 6.07) is 4.42. The van der Waals surface area contributed by atoms with Crippen LogP contribution < -0.4 is 0 Å². The molecule has 0 aliphatic rings. The van der Waals surface area contributed by atoms with Crippen molar-refractivity contribution in [2.75, 3.05) is 0 Å². The van der Waals surface area contributed by atoms with Gasteiger partial charge in [0.2, 0.25) is 0 Å². The standard InChI is InChI=1S/C15H23N3O/c1-4-5-15(19)13-6-8-17(10-13)11-14-7-9-18(16-14)12(2)3/h6-10,12,15,19H,4-5,11H2,1-3H3. The van der Waals surface area contributed by atoms with Crippen LogP contribution in [0.5, 0.6) is 0 Å². The summed E-state index contributed by atoms with van der Waals surface area (Å²) in [6.07, 6.45) is 7.48. The van der Waals surface area contributed by atoms with Gasteiger partial charge in [-0.05, 0) is 38.0 Å². The van der Waals surface area contributed by atoms with Crippen LogP contribution in [0.1, 0.15) is 57.0 Å². The number of hydrogen-bond donors (Lipinski definition) is 1. The summed E-state index contributed by atoms with van der Waals surface area (Å²) < 4.78 is 4.03. The van der Waals surface area contributed by atoms with Crippen LogP contribution in [0, 0.1) is 0 Å². The van der Waals surface area contributed by atoms with E-state index in [-0.39, 0.29) is 6.10 Å². The third-order valence-electron chi connectivity index (χ3n) is 3.26. The smallest absolute Gasteiger partial charge is 0.0821 e. The van der Waals surface area contributed by atoms with Gasteiger partial charge in [-0.25, -0.2) is 0 Å². The molecule has 0 spiro atoms. The van der Waals surface area contributed by atoms with Crippen molar-refractivity contribution in [1.82, 2.24) is 14.3 Å². The van der Waals surface area contributed by atoms with Crippen molar-refractivity contribution in [1.29, 1.82) is 0 Å². The van der Waals surface area contributed by atoms with Crippen LogP contribution in [0.4, 0.5) is 0 Å². The van der Waals surface area contributed by atoms with E-state index in [1.165, 1.54) is 0 Å². The van der Waals surface area contributed by atoms with E-state index in [0.29, 0.717) is 6.04 Å². The van der Waals surface area contributed by atoms with Gasteiger partial charge in [-0.1, -0.05) is 13.3 Å². The lowest BCUT2D eigenvalue weighted by molar-refractivity contribution is 0.166. The monoisotopic (exact) mass is 261 g/mol. The second kappa shape index (κ2) is 6.06. The van der Waals surface area contributed by atoms with Crippen LogP contribution in [0.15, 0.2) is 30.7 Å². The van der Waals surface area contributed by atoms with Crippen molar-refractivity contribution in [3.8, 4) is 0 Å². The summed E-state index contributed by atoms with van der Waals surface area (Å²) in [5, 5.41) is 14.5. The molecule has 0 saturated heterocycles. The molecule has 1 atom stereocenters. The number of hydrogen-bond acceptors (Lipinski definition) is 2. The third kappa shape index (κ3) is 3.47. The summed E-state index contributed by atoms with van der Waals surface area (Å²) in [4.78, 5) is 0. The second-order valence-corrected chi connectivity index (χ2v) is 5.30. The first-order valence-electron chi connectivity index (χ1n) is 6.98. The van der Waals surface area contributed by atoms with Gasteiger partial charge < -0.3 is 9.67 Å². The molecule has 0 bridgehead atoms. The summed E-state index contributed by atoms with van der Waals surface area (Å²) in [6.45, 7) is 7.06. The number of nitrogens with zero attached hydrogens (tertiary/aromatic N) is 3. The molecule has 2 heterocycles. The van der Waals surface area contributed by atoms with E-state index < -0.39 is 0 Å². The SMILES string of the molecule is CCCC(O)c1ccn(Cc2ccn(C(C)C)n2)c1. The minimum Gasteiger partial charge on any atom is -0.388 e. The Kier molecular flexibility index (Phi) is 4.43. The van der Waals surface area contributed by atoms with Crippen LogP contribution in [0.3, 0.4) is 0 Å².